The third-order valence-electron chi connectivity index (χ3n) is 4.38. The number of rotatable bonds is 8. The Morgan fingerprint density at radius 2 is 1.81 bits per heavy atom. The van der Waals surface area contributed by atoms with E-state index in [1.165, 1.54) is 10.4 Å². The van der Waals surface area contributed by atoms with Crippen molar-refractivity contribution in [3.8, 4) is 5.75 Å². The first-order chi connectivity index (χ1) is 12.8. The first-order valence-corrected chi connectivity index (χ1v) is 10.3. The first-order valence-electron chi connectivity index (χ1n) is 8.85. The third-order valence-corrected chi connectivity index (χ3v) is 6.43. The Hall–Kier alpha value is -2.38. The van der Waals surface area contributed by atoms with Crippen LogP contribution in [-0.4, -0.2) is 38.8 Å². The second kappa shape index (κ2) is 9.01. The molecule has 2 rings (SSSR count). The van der Waals surface area contributed by atoms with Crippen molar-refractivity contribution in [2.45, 2.75) is 32.2 Å². The zero-order chi connectivity index (χ0) is 20.0. The van der Waals surface area contributed by atoms with Gasteiger partial charge in [0.1, 0.15) is 5.75 Å². The zero-order valence-corrected chi connectivity index (χ0v) is 17.0. The summed E-state index contributed by atoms with van der Waals surface area (Å²) in [5.74, 6) is 0.400. The number of ether oxygens (including phenoxy) is 1. The van der Waals surface area contributed by atoms with Gasteiger partial charge in [-0.3, -0.25) is 4.79 Å². The average molecular weight is 391 g/mol. The predicted molar refractivity (Wildman–Crippen MR) is 105 cm³/mol. The van der Waals surface area contributed by atoms with E-state index in [1.54, 1.807) is 40.0 Å². The monoisotopic (exact) mass is 390 g/mol. The fraction of sp³-hybridized carbons (Fsp3) is 0.350. The Bertz CT molecular complexity index is 906. The van der Waals surface area contributed by atoms with Gasteiger partial charge in [0.25, 0.3) is 5.91 Å². The van der Waals surface area contributed by atoms with Gasteiger partial charge >= 0.3 is 0 Å². The second-order valence-electron chi connectivity index (χ2n) is 6.10. The van der Waals surface area contributed by atoms with Crippen LogP contribution in [0.1, 0.15) is 35.3 Å². The SMILES string of the molecule is CCN(CC)S(=O)(=O)c1ccc(C)c(C(=O)NCc2cccc(OC)c2)c1. The van der Waals surface area contributed by atoms with Crippen molar-refractivity contribution in [1.29, 1.82) is 0 Å². The smallest absolute Gasteiger partial charge is 0.251 e. The van der Waals surface area contributed by atoms with Crippen molar-refractivity contribution in [1.82, 2.24) is 9.62 Å². The largest absolute Gasteiger partial charge is 0.497 e. The minimum absolute atomic E-state index is 0.128. The Morgan fingerprint density at radius 1 is 1.11 bits per heavy atom. The standard InChI is InChI=1S/C20H26N2O4S/c1-5-22(6-2)27(24,25)18-11-10-15(3)19(13-18)20(23)21-14-16-8-7-9-17(12-16)26-4/h7-13H,5-6,14H2,1-4H3,(H,21,23). The summed E-state index contributed by atoms with van der Waals surface area (Å²) in [6, 6.07) is 12.1. The number of benzene rings is 2. The normalized spacial score (nSPS) is 11.4. The zero-order valence-electron chi connectivity index (χ0n) is 16.2. The highest BCUT2D eigenvalue weighted by atomic mass is 32.2. The lowest BCUT2D eigenvalue weighted by Crippen LogP contribution is -2.31. The van der Waals surface area contributed by atoms with Gasteiger partial charge in [-0.15, -0.1) is 0 Å². The summed E-state index contributed by atoms with van der Waals surface area (Å²) in [6.07, 6.45) is 0. The van der Waals surface area contributed by atoms with E-state index in [4.69, 9.17) is 4.74 Å². The van der Waals surface area contributed by atoms with Crippen LogP contribution in [-0.2, 0) is 16.6 Å². The van der Waals surface area contributed by atoms with Gasteiger partial charge in [0.15, 0.2) is 0 Å². The van der Waals surface area contributed by atoms with Crippen molar-refractivity contribution >= 4 is 15.9 Å². The summed E-state index contributed by atoms with van der Waals surface area (Å²) in [4.78, 5) is 12.8. The Morgan fingerprint density at radius 3 is 2.44 bits per heavy atom. The summed E-state index contributed by atoms with van der Waals surface area (Å²) >= 11 is 0. The maximum atomic E-state index is 12.7. The molecule has 0 saturated heterocycles. The molecule has 6 nitrogen and oxygen atoms in total. The second-order valence-corrected chi connectivity index (χ2v) is 8.04. The van der Waals surface area contributed by atoms with Gasteiger partial charge < -0.3 is 10.1 Å². The minimum atomic E-state index is -3.61. The highest BCUT2D eigenvalue weighted by Crippen LogP contribution is 2.20. The van der Waals surface area contributed by atoms with E-state index in [0.717, 1.165) is 11.1 Å². The molecule has 0 aromatic heterocycles. The molecule has 0 fully saturated rings. The number of carbonyl (C=O) groups is 1. The van der Waals surface area contributed by atoms with Gasteiger partial charge in [-0.1, -0.05) is 32.0 Å². The van der Waals surface area contributed by atoms with Crippen molar-refractivity contribution in [3.05, 3.63) is 59.2 Å². The lowest BCUT2D eigenvalue weighted by atomic mass is 10.1. The highest BCUT2D eigenvalue weighted by Gasteiger charge is 2.23. The Balaban J connectivity index is 2.23. The summed E-state index contributed by atoms with van der Waals surface area (Å²) < 4.78 is 32.0. The van der Waals surface area contributed by atoms with Gasteiger partial charge in [0.2, 0.25) is 10.0 Å². The first kappa shape index (κ1) is 20.9. The molecule has 1 amide bonds. The number of nitrogens with one attached hydrogen (secondary N) is 1. The molecule has 0 unspecified atom stereocenters. The fourth-order valence-corrected chi connectivity index (χ4v) is 4.26. The fourth-order valence-electron chi connectivity index (χ4n) is 2.78. The molecule has 0 saturated carbocycles. The van der Waals surface area contributed by atoms with Crippen LogP contribution in [0.3, 0.4) is 0 Å². The molecule has 0 aliphatic heterocycles. The molecule has 1 N–H and O–H groups in total. The molecule has 0 heterocycles. The van der Waals surface area contributed by atoms with E-state index in [-0.39, 0.29) is 10.8 Å². The Kier molecular flexibility index (Phi) is 6.98. The molecule has 0 radical (unpaired) electrons. The molecule has 0 atom stereocenters. The number of aryl methyl sites for hydroxylation is 1. The number of amides is 1. The Labute approximate surface area is 161 Å². The van der Waals surface area contributed by atoms with Crippen LogP contribution in [0.15, 0.2) is 47.4 Å². The molecule has 0 bridgehead atoms. The van der Waals surface area contributed by atoms with Gasteiger partial charge in [0.05, 0.1) is 12.0 Å². The maximum absolute atomic E-state index is 12.7. The highest BCUT2D eigenvalue weighted by molar-refractivity contribution is 7.89. The van der Waals surface area contributed by atoms with Crippen LogP contribution >= 0.6 is 0 Å². The number of hydrogen-bond donors (Lipinski definition) is 1. The third kappa shape index (κ3) is 4.87. The minimum Gasteiger partial charge on any atom is -0.497 e. The number of hydrogen-bond acceptors (Lipinski definition) is 4. The molecule has 146 valence electrons. The molecule has 27 heavy (non-hydrogen) atoms. The molecular weight excluding hydrogens is 364 g/mol. The quantitative estimate of drug-likeness (QED) is 0.752. The predicted octanol–water partition coefficient (Wildman–Crippen LogP) is 2.96. The molecule has 2 aromatic rings. The molecule has 0 spiro atoms. The van der Waals surface area contributed by atoms with Crippen LogP contribution in [0.4, 0.5) is 0 Å². The van der Waals surface area contributed by atoms with Gasteiger partial charge in [-0.25, -0.2) is 8.42 Å². The van der Waals surface area contributed by atoms with Crippen LogP contribution in [0, 0.1) is 6.92 Å². The van der Waals surface area contributed by atoms with Gasteiger partial charge in [0, 0.05) is 25.2 Å². The van der Waals surface area contributed by atoms with Crippen molar-refractivity contribution in [2.75, 3.05) is 20.2 Å². The molecule has 0 aliphatic rings. The average Bonchev–Trinajstić information content (AvgIpc) is 2.67. The molecular formula is C20H26N2O4S. The maximum Gasteiger partial charge on any atom is 0.251 e. The number of nitrogens with zero attached hydrogens (tertiary/aromatic N) is 1. The van der Waals surface area contributed by atoms with E-state index < -0.39 is 10.0 Å². The summed E-state index contributed by atoms with van der Waals surface area (Å²) in [5, 5.41) is 2.84. The summed E-state index contributed by atoms with van der Waals surface area (Å²) in [6.45, 7) is 6.44. The van der Waals surface area contributed by atoms with Crippen molar-refractivity contribution < 1.29 is 17.9 Å². The summed E-state index contributed by atoms with van der Waals surface area (Å²) in [5.41, 5.74) is 1.97. The van der Waals surface area contributed by atoms with Crippen LogP contribution < -0.4 is 10.1 Å². The van der Waals surface area contributed by atoms with E-state index in [2.05, 4.69) is 5.32 Å². The molecule has 0 aliphatic carbocycles. The number of sulfonamides is 1. The topological polar surface area (TPSA) is 75.7 Å². The molecule has 7 heteroatoms. The summed E-state index contributed by atoms with van der Waals surface area (Å²) in [7, 11) is -2.03. The number of carbonyl (C=O) groups excluding carboxylic acids is 1. The van der Waals surface area contributed by atoms with Crippen LogP contribution in [0.25, 0.3) is 0 Å². The van der Waals surface area contributed by atoms with Crippen LogP contribution in [0.2, 0.25) is 0 Å². The van der Waals surface area contributed by atoms with Gasteiger partial charge in [-0.05, 0) is 42.3 Å². The van der Waals surface area contributed by atoms with Gasteiger partial charge in [-0.2, -0.15) is 4.31 Å². The lowest BCUT2D eigenvalue weighted by Gasteiger charge is -2.19. The molecule has 2 aromatic carbocycles. The van der Waals surface area contributed by atoms with E-state index >= 15 is 0 Å². The van der Waals surface area contributed by atoms with Crippen molar-refractivity contribution in [3.63, 3.8) is 0 Å². The van der Waals surface area contributed by atoms with E-state index in [9.17, 15) is 13.2 Å². The number of methoxy groups -OCH3 is 1. The van der Waals surface area contributed by atoms with E-state index in [0.29, 0.717) is 30.9 Å². The van der Waals surface area contributed by atoms with Crippen LogP contribution in [0.5, 0.6) is 5.75 Å². The lowest BCUT2D eigenvalue weighted by molar-refractivity contribution is 0.0950. The van der Waals surface area contributed by atoms with E-state index in [1.807, 2.05) is 24.3 Å². The van der Waals surface area contributed by atoms with Crippen molar-refractivity contribution in [2.24, 2.45) is 0 Å².